The second-order valence-electron chi connectivity index (χ2n) is 4.17. The van der Waals surface area contributed by atoms with E-state index in [0.29, 0.717) is 6.42 Å². The molecule has 0 aromatic rings. The summed E-state index contributed by atoms with van der Waals surface area (Å²) in [5, 5.41) is 9.34. The zero-order chi connectivity index (χ0) is 11.4. The van der Waals surface area contributed by atoms with Crippen LogP contribution in [0.4, 0.5) is 0 Å². The Bertz CT molecular complexity index is 257. The van der Waals surface area contributed by atoms with Gasteiger partial charge < -0.3 is 5.11 Å². The lowest BCUT2D eigenvalue weighted by Gasteiger charge is -2.28. The average molecular weight is 223 g/mol. The van der Waals surface area contributed by atoms with Crippen LogP contribution in [0.1, 0.15) is 40.5 Å². The molecule has 0 heterocycles. The minimum Gasteiger partial charge on any atom is -0.391 e. The van der Waals surface area contributed by atoms with E-state index in [0.717, 1.165) is 6.42 Å². The van der Waals surface area contributed by atoms with Gasteiger partial charge in [0.25, 0.3) is 0 Å². The lowest BCUT2D eigenvalue weighted by molar-refractivity contribution is 0.111. The standard InChI is InChI=1S/C9H21NO3S/c1-5-6-7-14(12,13)10-9(3,4)8(2)11/h8,10-11H,5-7H2,1-4H3. The number of rotatable bonds is 6. The van der Waals surface area contributed by atoms with Crippen LogP contribution in [-0.4, -0.2) is 30.9 Å². The van der Waals surface area contributed by atoms with Gasteiger partial charge in [0.15, 0.2) is 0 Å². The van der Waals surface area contributed by atoms with Gasteiger partial charge in [0.2, 0.25) is 10.0 Å². The third kappa shape index (κ3) is 4.93. The Morgan fingerprint density at radius 1 is 1.43 bits per heavy atom. The third-order valence-corrected chi connectivity index (χ3v) is 3.89. The van der Waals surface area contributed by atoms with Crippen molar-refractivity contribution in [1.29, 1.82) is 0 Å². The smallest absolute Gasteiger partial charge is 0.212 e. The first-order valence-corrected chi connectivity index (χ1v) is 6.56. The second-order valence-corrected chi connectivity index (χ2v) is 6.01. The van der Waals surface area contributed by atoms with E-state index < -0.39 is 21.7 Å². The monoisotopic (exact) mass is 223 g/mol. The maximum absolute atomic E-state index is 11.5. The Morgan fingerprint density at radius 2 is 1.93 bits per heavy atom. The van der Waals surface area contributed by atoms with Gasteiger partial charge in [0, 0.05) is 0 Å². The van der Waals surface area contributed by atoms with Crippen LogP contribution in [0.3, 0.4) is 0 Å². The van der Waals surface area contributed by atoms with Gasteiger partial charge in [-0.05, 0) is 27.2 Å². The van der Waals surface area contributed by atoms with Crippen LogP contribution < -0.4 is 4.72 Å². The fraction of sp³-hybridized carbons (Fsp3) is 1.00. The van der Waals surface area contributed by atoms with E-state index >= 15 is 0 Å². The van der Waals surface area contributed by atoms with Crippen molar-refractivity contribution in [1.82, 2.24) is 4.72 Å². The highest BCUT2D eigenvalue weighted by atomic mass is 32.2. The van der Waals surface area contributed by atoms with Crippen molar-refractivity contribution >= 4 is 10.0 Å². The van der Waals surface area contributed by atoms with Gasteiger partial charge in [-0.3, -0.25) is 0 Å². The maximum Gasteiger partial charge on any atom is 0.212 e. The fourth-order valence-corrected chi connectivity index (χ4v) is 2.61. The first kappa shape index (κ1) is 13.9. The summed E-state index contributed by atoms with van der Waals surface area (Å²) in [6.45, 7) is 6.85. The number of sulfonamides is 1. The van der Waals surface area contributed by atoms with Gasteiger partial charge in [-0.15, -0.1) is 0 Å². The van der Waals surface area contributed by atoms with Crippen LogP contribution in [-0.2, 0) is 10.0 Å². The molecule has 0 aromatic carbocycles. The topological polar surface area (TPSA) is 66.4 Å². The number of hydrogen-bond donors (Lipinski definition) is 2. The Balaban J connectivity index is 4.36. The summed E-state index contributed by atoms with van der Waals surface area (Å²) in [5.74, 6) is 0.125. The van der Waals surface area contributed by atoms with Gasteiger partial charge in [0.1, 0.15) is 0 Å². The number of aliphatic hydroxyl groups is 1. The molecule has 0 spiro atoms. The van der Waals surface area contributed by atoms with Gasteiger partial charge in [0.05, 0.1) is 17.4 Å². The Labute approximate surface area is 86.8 Å². The van der Waals surface area contributed by atoms with Gasteiger partial charge in [-0.1, -0.05) is 13.3 Å². The molecule has 0 fully saturated rings. The van der Waals surface area contributed by atoms with Crippen LogP contribution >= 0.6 is 0 Å². The molecule has 0 radical (unpaired) electrons. The minimum absolute atomic E-state index is 0.125. The van der Waals surface area contributed by atoms with Crippen molar-refractivity contribution < 1.29 is 13.5 Å². The zero-order valence-corrected chi connectivity index (χ0v) is 10.2. The largest absolute Gasteiger partial charge is 0.391 e. The van der Waals surface area contributed by atoms with E-state index in [9.17, 15) is 13.5 Å². The van der Waals surface area contributed by atoms with Crippen LogP contribution in [0.15, 0.2) is 0 Å². The summed E-state index contributed by atoms with van der Waals surface area (Å²) in [5.41, 5.74) is -0.799. The molecule has 14 heavy (non-hydrogen) atoms. The van der Waals surface area contributed by atoms with Gasteiger partial charge in [-0.25, -0.2) is 13.1 Å². The van der Waals surface area contributed by atoms with Crippen molar-refractivity contribution in [2.75, 3.05) is 5.75 Å². The molecule has 0 bridgehead atoms. The predicted molar refractivity (Wildman–Crippen MR) is 57.6 cm³/mol. The highest BCUT2D eigenvalue weighted by molar-refractivity contribution is 7.89. The van der Waals surface area contributed by atoms with Gasteiger partial charge >= 0.3 is 0 Å². The molecule has 0 saturated heterocycles. The van der Waals surface area contributed by atoms with Crippen molar-refractivity contribution in [3.05, 3.63) is 0 Å². The molecule has 0 saturated carbocycles. The average Bonchev–Trinajstić information content (AvgIpc) is 1.99. The van der Waals surface area contributed by atoms with E-state index in [-0.39, 0.29) is 5.75 Å². The SMILES string of the molecule is CCCCS(=O)(=O)NC(C)(C)C(C)O. The molecular weight excluding hydrogens is 202 g/mol. The van der Waals surface area contributed by atoms with Crippen molar-refractivity contribution in [3.8, 4) is 0 Å². The molecular formula is C9H21NO3S. The Kier molecular flexibility index (Phi) is 5.05. The molecule has 2 N–H and O–H groups in total. The fourth-order valence-electron chi connectivity index (χ4n) is 0.871. The number of aliphatic hydroxyl groups excluding tert-OH is 1. The molecule has 5 heteroatoms. The quantitative estimate of drug-likeness (QED) is 0.702. The highest BCUT2D eigenvalue weighted by Crippen LogP contribution is 2.10. The van der Waals surface area contributed by atoms with E-state index in [1.165, 1.54) is 0 Å². The molecule has 0 amide bonds. The summed E-state index contributed by atoms with van der Waals surface area (Å²) >= 11 is 0. The van der Waals surface area contributed by atoms with Crippen molar-refractivity contribution in [2.24, 2.45) is 0 Å². The first-order valence-electron chi connectivity index (χ1n) is 4.91. The first-order chi connectivity index (χ1) is 6.21. The van der Waals surface area contributed by atoms with Crippen molar-refractivity contribution in [3.63, 3.8) is 0 Å². The summed E-state index contributed by atoms with van der Waals surface area (Å²) in [7, 11) is -3.26. The maximum atomic E-state index is 11.5. The van der Waals surface area contributed by atoms with E-state index in [4.69, 9.17) is 0 Å². The predicted octanol–water partition coefficient (Wildman–Crippen LogP) is 0.865. The molecule has 0 aliphatic rings. The van der Waals surface area contributed by atoms with Crippen LogP contribution in [0.5, 0.6) is 0 Å². The molecule has 86 valence electrons. The van der Waals surface area contributed by atoms with E-state index in [2.05, 4.69) is 4.72 Å². The van der Waals surface area contributed by atoms with Crippen LogP contribution in [0.25, 0.3) is 0 Å². The summed E-state index contributed by atoms with van der Waals surface area (Å²) in [6.07, 6.45) is 0.778. The van der Waals surface area contributed by atoms with Gasteiger partial charge in [-0.2, -0.15) is 0 Å². The zero-order valence-electron chi connectivity index (χ0n) is 9.37. The second kappa shape index (κ2) is 5.09. The van der Waals surface area contributed by atoms with Crippen molar-refractivity contribution in [2.45, 2.75) is 52.2 Å². The lowest BCUT2D eigenvalue weighted by Crippen LogP contribution is -2.51. The highest BCUT2D eigenvalue weighted by Gasteiger charge is 2.28. The summed E-state index contributed by atoms with van der Waals surface area (Å²) in [6, 6.07) is 0. The lowest BCUT2D eigenvalue weighted by atomic mass is 10.0. The number of hydrogen-bond acceptors (Lipinski definition) is 3. The van der Waals surface area contributed by atoms with Crippen LogP contribution in [0.2, 0.25) is 0 Å². The number of unbranched alkanes of at least 4 members (excludes halogenated alkanes) is 1. The van der Waals surface area contributed by atoms with E-state index in [1.54, 1.807) is 20.8 Å². The van der Waals surface area contributed by atoms with E-state index in [1.807, 2.05) is 6.92 Å². The molecule has 0 aliphatic carbocycles. The molecule has 1 atom stereocenters. The minimum atomic E-state index is -3.26. The third-order valence-electron chi connectivity index (χ3n) is 2.23. The molecule has 0 rings (SSSR count). The number of nitrogens with one attached hydrogen (secondary N) is 1. The molecule has 0 aliphatic heterocycles. The Morgan fingerprint density at radius 3 is 2.29 bits per heavy atom. The molecule has 4 nitrogen and oxygen atoms in total. The molecule has 1 unspecified atom stereocenters. The summed E-state index contributed by atoms with van der Waals surface area (Å²) < 4.78 is 25.5. The van der Waals surface area contributed by atoms with Crippen LogP contribution in [0, 0.1) is 0 Å². The normalized spacial score (nSPS) is 15.5. The Hall–Kier alpha value is -0.130. The summed E-state index contributed by atoms with van der Waals surface area (Å²) in [4.78, 5) is 0. The molecule has 0 aromatic heterocycles.